The van der Waals surface area contributed by atoms with Gasteiger partial charge in [0.1, 0.15) is 5.69 Å². The van der Waals surface area contributed by atoms with Gasteiger partial charge in [0.05, 0.1) is 5.51 Å². The van der Waals surface area contributed by atoms with Crippen LogP contribution in [-0.2, 0) is 0 Å². The summed E-state index contributed by atoms with van der Waals surface area (Å²) >= 11 is 1.46. The molecule has 1 aromatic rings. The highest BCUT2D eigenvalue weighted by Crippen LogP contribution is 2.12. The molecule has 2 rings (SSSR count). The summed E-state index contributed by atoms with van der Waals surface area (Å²) in [6, 6.07) is 0.317. The standard InChI is InChI=1S/C13H21N3OS/c1-2-3-6-16-7-4-11(5-8-16)15-13(17)12-9-18-10-14-12/h9-11H,2-8H2,1H3,(H,15,17). The molecule has 0 spiro atoms. The number of piperidine rings is 1. The molecule has 4 nitrogen and oxygen atoms in total. The van der Waals surface area contributed by atoms with Gasteiger partial charge in [-0.2, -0.15) is 0 Å². The Labute approximate surface area is 112 Å². The topological polar surface area (TPSA) is 45.2 Å². The van der Waals surface area contributed by atoms with Crippen molar-refractivity contribution >= 4 is 17.2 Å². The van der Waals surface area contributed by atoms with Crippen molar-refractivity contribution in [1.29, 1.82) is 0 Å². The molecule has 1 amide bonds. The van der Waals surface area contributed by atoms with Crippen molar-refractivity contribution in [2.24, 2.45) is 0 Å². The lowest BCUT2D eigenvalue weighted by Gasteiger charge is -2.32. The van der Waals surface area contributed by atoms with Gasteiger partial charge in [0, 0.05) is 24.5 Å². The number of carbonyl (C=O) groups excluding carboxylic acids is 1. The second kappa shape index (κ2) is 6.85. The van der Waals surface area contributed by atoms with Gasteiger partial charge in [0.2, 0.25) is 0 Å². The maximum Gasteiger partial charge on any atom is 0.270 e. The van der Waals surface area contributed by atoms with Crippen molar-refractivity contribution in [2.45, 2.75) is 38.6 Å². The van der Waals surface area contributed by atoms with Crippen LogP contribution in [0.3, 0.4) is 0 Å². The van der Waals surface area contributed by atoms with Gasteiger partial charge < -0.3 is 10.2 Å². The van der Waals surface area contributed by atoms with E-state index in [9.17, 15) is 4.79 Å². The Bertz CT molecular complexity index is 358. The Morgan fingerprint density at radius 1 is 1.56 bits per heavy atom. The molecule has 1 aliphatic heterocycles. The number of aromatic nitrogens is 1. The highest BCUT2D eigenvalue weighted by molar-refractivity contribution is 7.07. The molecule has 0 saturated carbocycles. The fraction of sp³-hybridized carbons (Fsp3) is 0.692. The third-order valence-corrected chi connectivity index (χ3v) is 4.00. The highest BCUT2D eigenvalue weighted by Gasteiger charge is 2.21. The maximum atomic E-state index is 11.8. The predicted molar refractivity (Wildman–Crippen MR) is 74.0 cm³/mol. The third kappa shape index (κ3) is 3.78. The number of likely N-dealkylation sites (tertiary alicyclic amines) is 1. The van der Waals surface area contributed by atoms with Crippen LogP contribution in [0.25, 0.3) is 0 Å². The quantitative estimate of drug-likeness (QED) is 0.889. The first-order valence-corrected chi connectivity index (χ1v) is 7.65. The normalized spacial score (nSPS) is 17.8. The van der Waals surface area contributed by atoms with E-state index >= 15 is 0 Å². The zero-order valence-corrected chi connectivity index (χ0v) is 11.7. The van der Waals surface area contributed by atoms with Crippen LogP contribution in [0.5, 0.6) is 0 Å². The predicted octanol–water partition coefficient (Wildman–Crippen LogP) is 2.14. The number of nitrogens with one attached hydrogen (secondary N) is 1. The molecule has 0 aromatic carbocycles. The van der Waals surface area contributed by atoms with Crippen molar-refractivity contribution in [3.05, 3.63) is 16.6 Å². The van der Waals surface area contributed by atoms with Crippen LogP contribution in [0, 0.1) is 0 Å². The van der Waals surface area contributed by atoms with Gasteiger partial charge in [-0.05, 0) is 25.8 Å². The van der Waals surface area contributed by atoms with Gasteiger partial charge in [-0.1, -0.05) is 13.3 Å². The molecular weight excluding hydrogens is 246 g/mol. The molecule has 0 atom stereocenters. The van der Waals surface area contributed by atoms with Gasteiger partial charge >= 0.3 is 0 Å². The lowest BCUT2D eigenvalue weighted by molar-refractivity contribution is 0.0906. The van der Waals surface area contributed by atoms with E-state index in [0.29, 0.717) is 11.7 Å². The Hall–Kier alpha value is -0.940. The average Bonchev–Trinajstić information content (AvgIpc) is 2.92. The zero-order valence-electron chi connectivity index (χ0n) is 10.9. The lowest BCUT2D eigenvalue weighted by Crippen LogP contribution is -2.44. The molecule has 1 saturated heterocycles. The number of thiazole rings is 1. The molecule has 0 aliphatic carbocycles. The molecule has 0 bridgehead atoms. The smallest absolute Gasteiger partial charge is 0.270 e. The summed E-state index contributed by atoms with van der Waals surface area (Å²) in [4.78, 5) is 18.4. The van der Waals surface area contributed by atoms with E-state index < -0.39 is 0 Å². The fourth-order valence-electron chi connectivity index (χ4n) is 2.27. The number of amides is 1. The summed E-state index contributed by atoms with van der Waals surface area (Å²) in [5.74, 6) is -0.0248. The molecular formula is C13H21N3OS. The molecule has 1 N–H and O–H groups in total. The second-order valence-corrected chi connectivity index (χ2v) is 5.54. The summed E-state index contributed by atoms with van der Waals surface area (Å²) in [5, 5.41) is 4.87. The number of nitrogens with zero attached hydrogens (tertiary/aromatic N) is 2. The maximum absolute atomic E-state index is 11.8. The minimum absolute atomic E-state index is 0.0248. The first-order chi connectivity index (χ1) is 8.79. The molecule has 18 heavy (non-hydrogen) atoms. The first kappa shape index (κ1) is 13.5. The van der Waals surface area contributed by atoms with E-state index in [1.54, 1.807) is 10.9 Å². The van der Waals surface area contributed by atoms with Crippen LogP contribution in [0.2, 0.25) is 0 Å². The van der Waals surface area contributed by atoms with Crippen molar-refractivity contribution in [3.8, 4) is 0 Å². The molecule has 1 aliphatic rings. The van der Waals surface area contributed by atoms with Crippen LogP contribution < -0.4 is 5.32 Å². The molecule has 1 fully saturated rings. The monoisotopic (exact) mass is 267 g/mol. The summed E-state index contributed by atoms with van der Waals surface area (Å²) in [5.41, 5.74) is 2.25. The van der Waals surface area contributed by atoms with Crippen molar-refractivity contribution in [3.63, 3.8) is 0 Å². The van der Waals surface area contributed by atoms with E-state index in [0.717, 1.165) is 25.9 Å². The number of rotatable bonds is 5. The summed E-state index contributed by atoms with van der Waals surface area (Å²) in [6.45, 7) is 5.62. The largest absolute Gasteiger partial charge is 0.348 e. The number of carbonyl (C=O) groups is 1. The molecule has 0 radical (unpaired) electrons. The van der Waals surface area contributed by atoms with Gasteiger partial charge in [-0.3, -0.25) is 4.79 Å². The van der Waals surface area contributed by atoms with Gasteiger partial charge in [-0.15, -0.1) is 11.3 Å². The zero-order chi connectivity index (χ0) is 12.8. The SMILES string of the molecule is CCCCN1CCC(NC(=O)c2cscn2)CC1. The van der Waals surface area contributed by atoms with Crippen molar-refractivity contribution in [1.82, 2.24) is 15.2 Å². The van der Waals surface area contributed by atoms with Crippen LogP contribution in [0.4, 0.5) is 0 Å². The third-order valence-electron chi connectivity index (χ3n) is 3.42. The van der Waals surface area contributed by atoms with E-state index in [-0.39, 0.29) is 5.91 Å². The summed E-state index contributed by atoms with van der Waals surface area (Å²) in [6.07, 6.45) is 4.63. The van der Waals surface area contributed by atoms with Crippen molar-refractivity contribution < 1.29 is 4.79 Å². The Morgan fingerprint density at radius 2 is 2.33 bits per heavy atom. The van der Waals surface area contributed by atoms with E-state index in [4.69, 9.17) is 0 Å². The molecule has 1 aromatic heterocycles. The Kier molecular flexibility index (Phi) is 5.13. The molecule has 100 valence electrons. The van der Waals surface area contributed by atoms with Crippen LogP contribution in [0.15, 0.2) is 10.9 Å². The van der Waals surface area contributed by atoms with E-state index in [1.807, 2.05) is 0 Å². The fourth-order valence-corrected chi connectivity index (χ4v) is 2.80. The van der Waals surface area contributed by atoms with Crippen LogP contribution in [0.1, 0.15) is 43.1 Å². The highest BCUT2D eigenvalue weighted by atomic mass is 32.1. The average molecular weight is 267 g/mol. The summed E-state index contributed by atoms with van der Waals surface area (Å²) < 4.78 is 0. The van der Waals surface area contributed by atoms with E-state index in [2.05, 4.69) is 22.1 Å². The number of hydrogen-bond acceptors (Lipinski definition) is 4. The minimum atomic E-state index is -0.0248. The van der Waals surface area contributed by atoms with Gasteiger partial charge in [0.25, 0.3) is 5.91 Å². The Balaban J connectivity index is 1.72. The molecule has 0 unspecified atom stereocenters. The van der Waals surface area contributed by atoms with Crippen LogP contribution >= 0.6 is 11.3 Å². The molecule has 2 heterocycles. The van der Waals surface area contributed by atoms with E-state index in [1.165, 1.54) is 30.7 Å². The lowest BCUT2D eigenvalue weighted by atomic mass is 10.0. The van der Waals surface area contributed by atoms with Crippen LogP contribution in [-0.4, -0.2) is 41.5 Å². The Morgan fingerprint density at radius 3 is 2.94 bits per heavy atom. The minimum Gasteiger partial charge on any atom is -0.348 e. The van der Waals surface area contributed by atoms with Gasteiger partial charge in [-0.25, -0.2) is 4.98 Å². The van der Waals surface area contributed by atoms with Gasteiger partial charge in [0.15, 0.2) is 0 Å². The number of unbranched alkanes of at least 4 members (excludes halogenated alkanes) is 1. The first-order valence-electron chi connectivity index (χ1n) is 6.71. The van der Waals surface area contributed by atoms with Crippen molar-refractivity contribution in [2.75, 3.05) is 19.6 Å². The molecule has 5 heteroatoms. The number of hydrogen-bond donors (Lipinski definition) is 1. The second-order valence-electron chi connectivity index (χ2n) is 4.82. The summed E-state index contributed by atoms with van der Waals surface area (Å²) in [7, 11) is 0.